The van der Waals surface area contributed by atoms with Crippen molar-refractivity contribution in [1.29, 1.82) is 0 Å². The topological polar surface area (TPSA) is 103 Å². The second kappa shape index (κ2) is 7.34. The zero-order valence-electron chi connectivity index (χ0n) is 15.5. The number of fused-ring (bicyclic) bond motifs is 1. The molecular formula is C18H21BrN6O2S. The molecule has 148 valence electrons. The molecule has 1 atom stereocenters. The first-order chi connectivity index (χ1) is 13.4. The van der Waals surface area contributed by atoms with Crippen LogP contribution in [0.5, 0.6) is 0 Å². The molecule has 3 heterocycles. The molecule has 0 amide bonds. The van der Waals surface area contributed by atoms with E-state index in [9.17, 15) is 8.42 Å². The molecule has 8 nitrogen and oxygen atoms in total. The van der Waals surface area contributed by atoms with Crippen LogP contribution in [0.25, 0.3) is 11.0 Å². The highest BCUT2D eigenvalue weighted by Crippen LogP contribution is 2.37. The third-order valence-corrected chi connectivity index (χ3v) is 7.12. The fraction of sp³-hybridized carbons (Fsp3) is 0.333. The number of H-pyrrole nitrogens is 1. The summed E-state index contributed by atoms with van der Waals surface area (Å²) in [5, 5.41) is 4.15. The van der Waals surface area contributed by atoms with Crippen LogP contribution in [0.3, 0.4) is 0 Å². The van der Waals surface area contributed by atoms with Crippen LogP contribution in [0, 0.1) is 0 Å². The van der Waals surface area contributed by atoms with E-state index in [1.165, 1.54) is 13.4 Å². The SMILES string of the molecule is CNS(=O)(=O)c1ccc(N2CCCC2C)c(Nc2ncnc3[nH]cc(Br)c23)c1. The molecule has 4 rings (SSSR count). The van der Waals surface area contributed by atoms with Gasteiger partial charge in [-0.1, -0.05) is 0 Å². The normalized spacial score (nSPS) is 17.4. The molecule has 0 saturated carbocycles. The Morgan fingerprint density at radius 3 is 2.86 bits per heavy atom. The number of rotatable bonds is 5. The van der Waals surface area contributed by atoms with Gasteiger partial charge in [0.2, 0.25) is 10.0 Å². The Hall–Kier alpha value is -2.17. The second-order valence-corrected chi connectivity index (χ2v) is 9.52. The molecule has 10 heteroatoms. The summed E-state index contributed by atoms with van der Waals surface area (Å²) in [5.41, 5.74) is 2.34. The van der Waals surface area contributed by atoms with Crippen molar-refractivity contribution >= 4 is 54.2 Å². The van der Waals surface area contributed by atoms with Crippen molar-refractivity contribution in [2.75, 3.05) is 23.8 Å². The first-order valence-electron chi connectivity index (χ1n) is 8.99. The van der Waals surface area contributed by atoms with Crippen LogP contribution in [-0.2, 0) is 10.0 Å². The summed E-state index contributed by atoms with van der Waals surface area (Å²) in [5.74, 6) is 0.602. The molecule has 1 aromatic carbocycles. The fourth-order valence-corrected chi connectivity index (χ4v) is 4.84. The number of benzene rings is 1. The molecule has 0 radical (unpaired) electrons. The van der Waals surface area contributed by atoms with Crippen LogP contribution in [0.2, 0.25) is 0 Å². The van der Waals surface area contributed by atoms with Gasteiger partial charge in [-0.05, 0) is 60.9 Å². The smallest absolute Gasteiger partial charge is 0.240 e. The van der Waals surface area contributed by atoms with E-state index in [0.717, 1.165) is 34.9 Å². The fourth-order valence-electron chi connectivity index (χ4n) is 3.59. The Kier molecular flexibility index (Phi) is 5.02. The summed E-state index contributed by atoms with van der Waals surface area (Å²) in [4.78, 5) is 14.2. The zero-order valence-corrected chi connectivity index (χ0v) is 17.9. The maximum atomic E-state index is 12.3. The number of anilines is 3. The van der Waals surface area contributed by atoms with Crippen molar-refractivity contribution in [3.63, 3.8) is 0 Å². The zero-order chi connectivity index (χ0) is 19.9. The van der Waals surface area contributed by atoms with Crippen LogP contribution in [0.4, 0.5) is 17.2 Å². The highest BCUT2D eigenvalue weighted by atomic mass is 79.9. The molecule has 28 heavy (non-hydrogen) atoms. The molecule has 0 bridgehead atoms. The van der Waals surface area contributed by atoms with Crippen molar-refractivity contribution in [3.8, 4) is 0 Å². The number of nitrogens with zero attached hydrogens (tertiary/aromatic N) is 3. The van der Waals surface area contributed by atoms with Gasteiger partial charge >= 0.3 is 0 Å². The summed E-state index contributed by atoms with van der Waals surface area (Å²) in [6.07, 6.45) is 5.49. The Morgan fingerprint density at radius 2 is 2.14 bits per heavy atom. The molecule has 0 aliphatic carbocycles. The van der Waals surface area contributed by atoms with E-state index in [1.807, 2.05) is 6.07 Å². The second-order valence-electron chi connectivity index (χ2n) is 6.78. The molecule has 1 aliphatic heterocycles. The van der Waals surface area contributed by atoms with Crippen LogP contribution < -0.4 is 14.9 Å². The third-order valence-electron chi connectivity index (χ3n) is 5.08. The average molecular weight is 465 g/mol. The molecule has 1 aliphatic rings. The van der Waals surface area contributed by atoms with Crippen molar-refractivity contribution in [1.82, 2.24) is 19.7 Å². The van der Waals surface area contributed by atoms with Gasteiger partial charge in [-0.25, -0.2) is 23.1 Å². The maximum absolute atomic E-state index is 12.3. The molecule has 2 aromatic heterocycles. The standard InChI is InChI=1S/C18H21BrN6O2S/c1-11-4-3-7-25(11)15-6-5-12(28(26,27)20-2)8-14(15)24-18-16-13(19)9-21-17(16)22-10-23-18/h5-6,8-11,20H,3-4,7H2,1-2H3,(H2,21,22,23,24). The number of halogens is 1. The quantitative estimate of drug-likeness (QED) is 0.534. The molecule has 1 saturated heterocycles. The number of hydrogen-bond acceptors (Lipinski definition) is 6. The van der Waals surface area contributed by atoms with Gasteiger partial charge < -0.3 is 15.2 Å². The summed E-state index contributed by atoms with van der Waals surface area (Å²) >= 11 is 3.52. The molecule has 3 N–H and O–H groups in total. The highest BCUT2D eigenvalue weighted by molar-refractivity contribution is 9.10. The number of sulfonamides is 1. The average Bonchev–Trinajstić information content (AvgIpc) is 3.28. The van der Waals surface area contributed by atoms with Crippen LogP contribution in [0.15, 0.2) is 40.1 Å². The minimum atomic E-state index is -3.56. The van der Waals surface area contributed by atoms with Crippen LogP contribution in [-0.4, -0.2) is 43.0 Å². The predicted octanol–water partition coefficient (Wildman–Crippen LogP) is 3.36. The monoisotopic (exact) mass is 464 g/mol. The van der Waals surface area contributed by atoms with E-state index in [-0.39, 0.29) is 4.90 Å². The Balaban J connectivity index is 1.85. The number of nitrogens with one attached hydrogen (secondary N) is 3. The number of hydrogen-bond donors (Lipinski definition) is 3. The van der Waals surface area contributed by atoms with Crippen molar-refractivity contribution < 1.29 is 8.42 Å². The van der Waals surface area contributed by atoms with Crippen molar-refractivity contribution in [3.05, 3.63) is 35.2 Å². The maximum Gasteiger partial charge on any atom is 0.240 e. The highest BCUT2D eigenvalue weighted by Gasteiger charge is 2.25. The Labute approximate surface area is 171 Å². The Bertz CT molecular complexity index is 1130. The van der Waals surface area contributed by atoms with Gasteiger partial charge in [0.1, 0.15) is 17.8 Å². The summed E-state index contributed by atoms with van der Waals surface area (Å²) in [6.45, 7) is 3.11. The van der Waals surface area contributed by atoms with E-state index in [4.69, 9.17) is 0 Å². The van der Waals surface area contributed by atoms with E-state index in [0.29, 0.717) is 23.2 Å². The van der Waals surface area contributed by atoms with E-state index >= 15 is 0 Å². The van der Waals surface area contributed by atoms with E-state index in [1.54, 1.807) is 18.3 Å². The molecular weight excluding hydrogens is 444 g/mol. The predicted molar refractivity (Wildman–Crippen MR) is 114 cm³/mol. The van der Waals surface area contributed by atoms with Gasteiger partial charge in [0, 0.05) is 23.3 Å². The molecule has 3 aromatic rings. The largest absolute Gasteiger partial charge is 0.367 e. The van der Waals surface area contributed by atoms with Gasteiger partial charge in [0.15, 0.2) is 0 Å². The first-order valence-corrected chi connectivity index (χ1v) is 11.3. The van der Waals surface area contributed by atoms with Gasteiger partial charge in [0.05, 0.1) is 21.7 Å². The van der Waals surface area contributed by atoms with Gasteiger partial charge in [-0.3, -0.25) is 0 Å². The molecule has 1 fully saturated rings. The van der Waals surface area contributed by atoms with Crippen molar-refractivity contribution in [2.45, 2.75) is 30.7 Å². The first kappa shape index (κ1) is 19.2. The van der Waals surface area contributed by atoms with Gasteiger partial charge in [0.25, 0.3) is 0 Å². The van der Waals surface area contributed by atoms with E-state index in [2.05, 4.69) is 52.7 Å². The lowest BCUT2D eigenvalue weighted by molar-refractivity contribution is 0.588. The summed E-state index contributed by atoms with van der Waals surface area (Å²) in [7, 11) is -2.16. The number of aromatic nitrogens is 3. The minimum Gasteiger partial charge on any atom is -0.367 e. The van der Waals surface area contributed by atoms with Crippen LogP contribution >= 0.6 is 15.9 Å². The lowest BCUT2D eigenvalue weighted by Crippen LogP contribution is -2.27. The summed E-state index contributed by atoms with van der Waals surface area (Å²) in [6, 6.07) is 5.54. The third kappa shape index (κ3) is 3.36. The molecule has 0 spiro atoms. The van der Waals surface area contributed by atoms with Gasteiger partial charge in [-0.15, -0.1) is 0 Å². The van der Waals surface area contributed by atoms with Crippen molar-refractivity contribution in [2.24, 2.45) is 0 Å². The summed E-state index contributed by atoms with van der Waals surface area (Å²) < 4.78 is 27.9. The lowest BCUT2D eigenvalue weighted by Gasteiger charge is -2.27. The van der Waals surface area contributed by atoms with E-state index < -0.39 is 10.0 Å². The van der Waals surface area contributed by atoms with Gasteiger partial charge in [-0.2, -0.15) is 0 Å². The Morgan fingerprint density at radius 1 is 1.32 bits per heavy atom. The molecule has 1 unspecified atom stereocenters. The lowest BCUT2D eigenvalue weighted by atomic mass is 10.2. The number of aromatic amines is 1. The van der Waals surface area contributed by atoms with Crippen LogP contribution in [0.1, 0.15) is 19.8 Å². The minimum absolute atomic E-state index is 0.200.